The fraction of sp³-hybridized carbons (Fsp3) is 0.167. The van der Waals surface area contributed by atoms with Crippen LogP contribution in [0.3, 0.4) is 0 Å². The molecule has 1 aromatic heterocycles. The maximum atomic E-state index is 11.2. The summed E-state index contributed by atoms with van der Waals surface area (Å²) in [5.41, 5.74) is 1.07. The zero-order valence-corrected chi connectivity index (χ0v) is 9.56. The van der Waals surface area contributed by atoms with Gasteiger partial charge in [-0.25, -0.2) is 0 Å². The van der Waals surface area contributed by atoms with E-state index in [0.29, 0.717) is 17.2 Å². The zero-order chi connectivity index (χ0) is 12.3. The van der Waals surface area contributed by atoms with E-state index in [1.165, 1.54) is 6.20 Å². The van der Waals surface area contributed by atoms with Crippen LogP contribution in [0.2, 0.25) is 0 Å². The molecule has 0 amide bonds. The molecule has 5 nitrogen and oxygen atoms in total. The first-order chi connectivity index (χ1) is 8.24. The number of nitrogens with zero attached hydrogens (tertiary/aromatic N) is 1. The maximum absolute atomic E-state index is 11.2. The van der Waals surface area contributed by atoms with Crippen molar-refractivity contribution in [2.24, 2.45) is 0 Å². The molecule has 0 spiro atoms. The molecular weight excluding hydrogens is 220 g/mol. The number of hydrogen-bond donors (Lipinski definition) is 1. The quantitative estimate of drug-likeness (QED) is 0.870. The number of benzene rings is 1. The summed E-state index contributed by atoms with van der Waals surface area (Å²) in [7, 11) is 3.15. The van der Waals surface area contributed by atoms with Crippen LogP contribution in [-0.2, 0) is 0 Å². The molecule has 0 unspecified atom stereocenters. The molecule has 0 saturated carbocycles. The van der Waals surface area contributed by atoms with E-state index >= 15 is 0 Å². The molecule has 0 atom stereocenters. The second kappa shape index (κ2) is 4.69. The smallest absolute Gasteiger partial charge is 0.266 e. The van der Waals surface area contributed by atoms with E-state index in [4.69, 9.17) is 9.47 Å². The van der Waals surface area contributed by atoms with Gasteiger partial charge in [-0.3, -0.25) is 9.78 Å². The highest BCUT2D eigenvalue weighted by molar-refractivity contribution is 5.68. The summed E-state index contributed by atoms with van der Waals surface area (Å²) in [4.78, 5) is 17.8. The molecule has 88 valence electrons. The van der Waals surface area contributed by atoms with Gasteiger partial charge in [0.05, 0.1) is 32.3 Å². The van der Waals surface area contributed by atoms with Crippen LogP contribution in [0, 0.1) is 0 Å². The largest absolute Gasteiger partial charge is 0.497 e. The van der Waals surface area contributed by atoms with Gasteiger partial charge >= 0.3 is 0 Å². The van der Waals surface area contributed by atoms with Gasteiger partial charge in [0.1, 0.15) is 11.5 Å². The predicted octanol–water partition coefficient (Wildman–Crippen LogP) is 1.45. The first-order valence-corrected chi connectivity index (χ1v) is 5.01. The fourth-order valence-corrected chi connectivity index (χ4v) is 1.54. The van der Waals surface area contributed by atoms with Crippen molar-refractivity contribution in [3.05, 3.63) is 40.9 Å². The summed E-state index contributed by atoms with van der Waals surface area (Å²) < 4.78 is 10.4. The van der Waals surface area contributed by atoms with E-state index in [0.717, 1.165) is 5.56 Å². The summed E-state index contributed by atoms with van der Waals surface area (Å²) in [5, 5.41) is 0. The maximum Gasteiger partial charge on any atom is 0.266 e. The normalized spacial score (nSPS) is 10.0. The highest BCUT2D eigenvalue weighted by Crippen LogP contribution is 2.31. The Morgan fingerprint density at radius 2 is 2.00 bits per heavy atom. The number of nitrogens with one attached hydrogen (secondary N) is 1. The molecule has 0 fully saturated rings. The van der Waals surface area contributed by atoms with Crippen molar-refractivity contribution in [1.29, 1.82) is 0 Å². The van der Waals surface area contributed by atoms with E-state index < -0.39 is 0 Å². The Morgan fingerprint density at radius 3 is 2.65 bits per heavy atom. The van der Waals surface area contributed by atoms with Crippen molar-refractivity contribution in [2.45, 2.75) is 0 Å². The molecule has 17 heavy (non-hydrogen) atoms. The fourth-order valence-electron chi connectivity index (χ4n) is 1.54. The van der Waals surface area contributed by atoms with Crippen LogP contribution < -0.4 is 15.0 Å². The summed E-state index contributed by atoms with van der Waals surface area (Å²) in [6.07, 6.45) is 2.79. The Hall–Kier alpha value is -2.30. The Balaban J connectivity index is 2.59. The van der Waals surface area contributed by atoms with Gasteiger partial charge in [0.25, 0.3) is 5.56 Å². The van der Waals surface area contributed by atoms with Crippen LogP contribution in [0.25, 0.3) is 11.3 Å². The molecule has 0 aliphatic carbocycles. The number of aromatic nitrogens is 2. The van der Waals surface area contributed by atoms with Gasteiger partial charge in [-0.05, 0) is 18.2 Å². The van der Waals surface area contributed by atoms with Gasteiger partial charge < -0.3 is 14.5 Å². The molecule has 1 heterocycles. The van der Waals surface area contributed by atoms with Crippen LogP contribution in [0.5, 0.6) is 11.5 Å². The number of rotatable bonds is 3. The molecule has 2 rings (SSSR count). The van der Waals surface area contributed by atoms with Crippen LogP contribution in [-0.4, -0.2) is 24.2 Å². The molecule has 2 aromatic rings. The minimum atomic E-state index is -0.257. The van der Waals surface area contributed by atoms with Gasteiger partial charge in [0.2, 0.25) is 0 Å². The topological polar surface area (TPSA) is 64.2 Å². The lowest BCUT2D eigenvalue weighted by molar-refractivity contribution is 0.404. The Morgan fingerprint density at radius 1 is 1.18 bits per heavy atom. The molecule has 0 bridgehead atoms. The standard InChI is InChI=1S/C12H12N2O3/c1-16-8-3-4-11(17-2)9(5-8)10-6-13-7-12(15)14-10/h3-7H,1-2H3,(H,14,15). The highest BCUT2D eigenvalue weighted by Gasteiger charge is 2.08. The van der Waals surface area contributed by atoms with Crippen molar-refractivity contribution in [3.63, 3.8) is 0 Å². The summed E-state index contributed by atoms with van der Waals surface area (Å²) >= 11 is 0. The summed E-state index contributed by atoms with van der Waals surface area (Å²) in [6.45, 7) is 0. The minimum absolute atomic E-state index is 0.257. The monoisotopic (exact) mass is 232 g/mol. The summed E-state index contributed by atoms with van der Waals surface area (Å²) in [5.74, 6) is 1.33. The van der Waals surface area contributed by atoms with Crippen molar-refractivity contribution in [2.75, 3.05) is 14.2 Å². The number of ether oxygens (including phenoxy) is 2. The van der Waals surface area contributed by atoms with Gasteiger partial charge in [0, 0.05) is 5.56 Å². The molecule has 1 aromatic carbocycles. The first-order valence-electron chi connectivity index (χ1n) is 5.01. The molecule has 5 heteroatoms. The van der Waals surface area contributed by atoms with Gasteiger partial charge in [-0.15, -0.1) is 0 Å². The van der Waals surface area contributed by atoms with E-state index in [1.54, 1.807) is 38.6 Å². The predicted molar refractivity (Wildman–Crippen MR) is 63.4 cm³/mol. The van der Waals surface area contributed by atoms with Crippen molar-refractivity contribution >= 4 is 0 Å². The SMILES string of the molecule is COc1ccc(OC)c(-c2cncc(=O)[nH]2)c1. The van der Waals surface area contributed by atoms with E-state index in [2.05, 4.69) is 9.97 Å². The second-order valence-electron chi connectivity index (χ2n) is 3.38. The third kappa shape index (κ3) is 2.28. The van der Waals surface area contributed by atoms with Crippen molar-refractivity contribution in [1.82, 2.24) is 9.97 Å². The minimum Gasteiger partial charge on any atom is -0.497 e. The molecule has 0 aliphatic heterocycles. The second-order valence-corrected chi connectivity index (χ2v) is 3.38. The number of H-pyrrole nitrogens is 1. The first kappa shape index (κ1) is 11.2. The third-order valence-corrected chi connectivity index (χ3v) is 2.35. The molecular formula is C12H12N2O3. The van der Waals surface area contributed by atoms with E-state index in [1.807, 2.05) is 0 Å². The van der Waals surface area contributed by atoms with Crippen molar-refractivity contribution in [3.8, 4) is 22.8 Å². The molecule has 1 N–H and O–H groups in total. The van der Waals surface area contributed by atoms with Gasteiger partial charge in [-0.2, -0.15) is 0 Å². The Labute approximate surface area is 98.0 Å². The van der Waals surface area contributed by atoms with Crippen LogP contribution in [0.15, 0.2) is 35.4 Å². The molecule has 0 radical (unpaired) electrons. The van der Waals surface area contributed by atoms with Crippen LogP contribution in [0.4, 0.5) is 0 Å². The lowest BCUT2D eigenvalue weighted by Crippen LogP contribution is -2.06. The van der Waals surface area contributed by atoms with Gasteiger partial charge in [0.15, 0.2) is 0 Å². The molecule has 0 saturated heterocycles. The number of aromatic amines is 1. The van der Waals surface area contributed by atoms with E-state index in [9.17, 15) is 4.79 Å². The zero-order valence-electron chi connectivity index (χ0n) is 9.56. The average molecular weight is 232 g/mol. The van der Waals surface area contributed by atoms with Gasteiger partial charge in [-0.1, -0.05) is 0 Å². The number of hydrogen-bond acceptors (Lipinski definition) is 4. The van der Waals surface area contributed by atoms with Crippen molar-refractivity contribution < 1.29 is 9.47 Å². The Bertz CT molecular complexity index is 578. The molecule has 0 aliphatic rings. The van der Waals surface area contributed by atoms with E-state index in [-0.39, 0.29) is 5.56 Å². The highest BCUT2D eigenvalue weighted by atomic mass is 16.5. The summed E-state index contributed by atoms with van der Waals surface area (Å²) in [6, 6.07) is 5.35. The lowest BCUT2D eigenvalue weighted by Gasteiger charge is -2.09. The lowest BCUT2D eigenvalue weighted by atomic mass is 10.1. The number of methoxy groups -OCH3 is 2. The Kier molecular flexibility index (Phi) is 3.09. The average Bonchev–Trinajstić information content (AvgIpc) is 2.38. The third-order valence-electron chi connectivity index (χ3n) is 2.35. The van der Waals surface area contributed by atoms with Crippen LogP contribution in [0.1, 0.15) is 0 Å². The van der Waals surface area contributed by atoms with Crippen LogP contribution >= 0.6 is 0 Å².